The second-order valence-electron chi connectivity index (χ2n) is 6.06. The molecule has 2 heterocycles. The first-order valence-electron chi connectivity index (χ1n) is 7.98. The molecular weight excluding hydrogens is 424 g/mol. The van der Waals surface area contributed by atoms with Gasteiger partial charge in [-0.15, -0.1) is 11.3 Å². The molecule has 2 aromatic rings. The summed E-state index contributed by atoms with van der Waals surface area (Å²) in [7, 11) is -3.42. The molecule has 1 aromatic heterocycles. The van der Waals surface area contributed by atoms with Crippen molar-refractivity contribution in [3.63, 3.8) is 0 Å². The monoisotopic (exact) mass is 442 g/mol. The Labute approximate surface area is 160 Å². The van der Waals surface area contributed by atoms with Gasteiger partial charge in [0, 0.05) is 29.2 Å². The van der Waals surface area contributed by atoms with Crippen molar-refractivity contribution in [2.75, 3.05) is 18.4 Å². The number of thiophene rings is 1. The zero-order valence-corrected chi connectivity index (χ0v) is 17.0. The molecule has 1 fully saturated rings. The van der Waals surface area contributed by atoms with Gasteiger partial charge in [-0.3, -0.25) is 4.79 Å². The van der Waals surface area contributed by atoms with Gasteiger partial charge < -0.3 is 5.32 Å². The summed E-state index contributed by atoms with van der Waals surface area (Å²) in [5.41, 5.74) is 1.81. The number of anilines is 1. The third kappa shape index (κ3) is 4.13. The molecule has 0 radical (unpaired) electrons. The fraction of sp³-hybridized carbons (Fsp3) is 0.353. The number of aryl methyl sites for hydroxylation is 1. The summed E-state index contributed by atoms with van der Waals surface area (Å²) >= 11 is 4.66. The molecule has 0 unspecified atom stereocenters. The number of rotatable bonds is 4. The smallest absolute Gasteiger partial charge is 0.252 e. The van der Waals surface area contributed by atoms with Crippen molar-refractivity contribution in [3.05, 3.63) is 45.7 Å². The molecular formula is C17H19BrN2O3S2. The van der Waals surface area contributed by atoms with Gasteiger partial charge in [-0.2, -0.15) is 4.31 Å². The van der Waals surface area contributed by atoms with Crippen LogP contribution in [0.3, 0.4) is 0 Å². The number of nitrogens with zero attached hydrogens (tertiary/aromatic N) is 1. The molecule has 3 rings (SSSR count). The molecule has 1 aromatic carbocycles. The minimum atomic E-state index is -3.42. The van der Waals surface area contributed by atoms with Crippen molar-refractivity contribution in [1.82, 2.24) is 4.31 Å². The molecule has 25 heavy (non-hydrogen) atoms. The molecule has 1 aliphatic rings. The Morgan fingerprint density at radius 3 is 2.60 bits per heavy atom. The lowest BCUT2D eigenvalue weighted by Crippen LogP contribution is -2.41. The first-order valence-corrected chi connectivity index (χ1v) is 11.1. The van der Waals surface area contributed by atoms with Gasteiger partial charge in [-0.1, -0.05) is 22.0 Å². The van der Waals surface area contributed by atoms with Crippen molar-refractivity contribution in [2.45, 2.75) is 24.0 Å². The van der Waals surface area contributed by atoms with Crippen molar-refractivity contribution in [1.29, 1.82) is 0 Å². The van der Waals surface area contributed by atoms with E-state index in [4.69, 9.17) is 0 Å². The fourth-order valence-electron chi connectivity index (χ4n) is 2.86. The van der Waals surface area contributed by atoms with E-state index in [-0.39, 0.29) is 11.8 Å². The number of piperidine rings is 1. The maximum atomic E-state index is 12.5. The third-order valence-electron chi connectivity index (χ3n) is 4.34. The number of sulfonamides is 1. The highest BCUT2D eigenvalue weighted by atomic mass is 79.9. The van der Waals surface area contributed by atoms with Crippen LogP contribution < -0.4 is 5.32 Å². The molecule has 1 amide bonds. The first-order chi connectivity index (χ1) is 11.9. The molecule has 1 aliphatic heterocycles. The highest BCUT2D eigenvalue weighted by molar-refractivity contribution is 9.10. The predicted molar refractivity (Wildman–Crippen MR) is 103 cm³/mol. The van der Waals surface area contributed by atoms with E-state index in [1.807, 2.05) is 25.1 Å². The Kier molecular flexibility index (Phi) is 5.62. The van der Waals surface area contributed by atoms with E-state index >= 15 is 0 Å². The molecule has 134 valence electrons. The van der Waals surface area contributed by atoms with Crippen molar-refractivity contribution in [2.24, 2.45) is 5.92 Å². The van der Waals surface area contributed by atoms with Crippen LogP contribution in [0.15, 0.2) is 44.4 Å². The quantitative estimate of drug-likeness (QED) is 0.781. The Balaban J connectivity index is 1.60. The molecule has 1 saturated heterocycles. The second kappa shape index (κ2) is 7.57. The van der Waals surface area contributed by atoms with E-state index in [2.05, 4.69) is 21.2 Å². The number of nitrogens with one attached hydrogen (secondary N) is 1. The maximum absolute atomic E-state index is 12.5. The Morgan fingerprint density at radius 1 is 1.28 bits per heavy atom. The van der Waals surface area contributed by atoms with Crippen LogP contribution in [-0.2, 0) is 14.8 Å². The van der Waals surface area contributed by atoms with Crippen LogP contribution in [0.1, 0.15) is 18.4 Å². The van der Waals surface area contributed by atoms with Gasteiger partial charge in [-0.25, -0.2) is 8.42 Å². The molecule has 8 heteroatoms. The molecule has 5 nitrogen and oxygen atoms in total. The number of benzene rings is 1. The fourth-order valence-corrected chi connectivity index (χ4v) is 5.72. The zero-order chi connectivity index (χ0) is 18.0. The van der Waals surface area contributed by atoms with E-state index in [9.17, 15) is 13.2 Å². The van der Waals surface area contributed by atoms with E-state index < -0.39 is 10.0 Å². The van der Waals surface area contributed by atoms with Crippen LogP contribution in [0, 0.1) is 12.8 Å². The summed E-state index contributed by atoms with van der Waals surface area (Å²) in [6.45, 7) is 2.71. The molecule has 0 spiro atoms. The summed E-state index contributed by atoms with van der Waals surface area (Å²) in [5, 5.41) is 4.69. The number of hydrogen-bond donors (Lipinski definition) is 1. The number of carbonyl (C=O) groups excluding carboxylic acids is 1. The average Bonchev–Trinajstić information content (AvgIpc) is 3.14. The standard InChI is InChI=1S/C17H19BrN2O3S2/c1-12-11-14(4-5-15(12)18)19-17(21)13-6-8-20(9-7-13)25(22,23)16-3-2-10-24-16/h2-5,10-11,13H,6-9H2,1H3,(H,19,21). The van der Waals surface area contributed by atoms with Gasteiger partial charge in [0.2, 0.25) is 5.91 Å². The van der Waals surface area contributed by atoms with Gasteiger partial charge in [0.25, 0.3) is 10.0 Å². The minimum Gasteiger partial charge on any atom is -0.326 e. The number of amides is 1. The zero-order valence-electron chi connectivity index (χ0n) is 13.7. The van der Waals surface area contributed by atoms with E-state index in [1.54, 1.807) is 17.5 Å². The number of hydrogen-bond acceptors (Lipinski definition) is 4. The van der Waals surface area contributed by atoms with Gasteiger partial charge in [0.15, 0.2) is 0 Å². The normalized spacial score (nSPS) is 16.7. The number of halogens is 1. The lowest BCUT2D eigenvalue weighted by Gasteiger charge is -2.30. The molecule has 0 aliphatic carbocycles. The summed E-state index contributed by atoms with van der Waals surface area (Å²) in [4.78, 5) is 12.5. The molecule has 1 N–H and O–H groups in total. The van der Waals surface area contributed by atoms with Crippen LogP contribution in [0.25, 0.3) is 0 Å². The van der Waals surface area contributed by atoms with Gasteiger partial charge in [0.1, 0.15) is 4.21 Å². The Bertz CT molecular complexity index is 858. The lowest BCUT2D eigenvalue weighted by atomic mass is 9.97. The third-order valence-corrected chi connectivity index (χ3v) is 8.50. The first kappa shape index (κ1) is 18.6. The van der Waals surface area contributed by atoms with Crippen molar-refractivity contribution < 1.29 is 13.2 Å². The minimum absolute atomic E-state index is 0.0464. The summed E-state index contributed by atoms with van der Waals surface area (Å²) in [5.74, 6) is -0.214. The van der Waals surface area contributed by atoms with Crippen LogP contribution in [0.4, 0.5) is 5.69 Å². The highest BCUT2D eigenvalue weighted by Gasteiger charge is 2.32. The van der Waals surface area contributed by atoms with Gasteiger partial charge >= 0.3 is 0 Å². The maximum Gasteiger partial charge on any atom is 0.252 e. The summed E-state index contributed by atoms with van der Waals surface area (Å²) in [6, 6.07) is 9.03. The van der Waals surface area contributed by atoms with Crippen LogP contribution in [0.2, 0.25) is 0 Å². The second-order valence-corrected chi connectivity index (χ2v) is 10.0. The topological polar surface area (TPSA) is 66.5 Å². The number of carbonyl (C=O) groups is 1. The molecule has 0 atom stereocenters. The van der Waals surface area contributed by atoms with Crippen LogP contribution in [0.5, 0.6) is 0 Å². The SMILES string of the molecule is Cc1cc(NC(=O)C2CCN(S(=O)(=O)c3cccs3)CC2)ccc1Br. The van der Waals surface area contributed by atoms with Crippen LogP contribution in [-0.4, -0.2) is 31.7 Å². The van der Waals surface area contributed by atoms with E-state index in [0.29, 0.717) is 30.1 Å². The Morgan fingerprint density at radius 2 is 2.00 bits per heavy atom. The largest absolute Gasteiger partial charge is 0.326 e. The lowest BCUT2D eigenvalue weighted by molar-refractivity contribution is -0.120. The highest BCUT2D eigenvalue weighted by Crippen LogP contribution is 2.27. The van der Waals surface area contributed by atoms with Gasteiger partial charge in [-0.05, 0) is 55.0 Å². The van der Waals surface area contributed by atoms with E-state index in [0.717, 1.165) is 15.7 Å². The van der Waals surface area contributed by atoms with E-state index in [1.165, 1.54) is 15.6 Å². The Hall–Kier alpha value is -1.22. The predicted octanol–water partition coefficient (Wildman–Crippen LogP) is 3.86. The van der Waals surface area contributed by atoms with Crippen molar-refractivity contribution >= 4 is 48.9 Å². The summed E-state index contributed by atoms with van der Waals surface area (Å²) in [6.07, 6.45) is 1.07. The van der Waals surface area contributed by atoms with Gasteiger partial charge in [0.05, 0.1) is 0 Å². The summed E-state index contributed by atoms with van der Waals surface area (Å²) < 4.78 is 27.9. The average molecular weight is 443 g/mol. The van der Waals surface area contributed by atoms with Crippen LogP contribution >= 0.6 is 27.3 Å². The van der Waals surface area contributed by atoms with Crippen molar-refractivity contribution in [3.8, 4) is 0 Å². The molecule has 0 bridgehead atoms. The molecule has 0 saturated carbocycles.